The molecule has 0 atom stereocenters. The fourth-order valence-electron chi connectivity index (χ4n) is 4.71. The predicted molar refractivity (Wildman–Crippen MR) is 147 cm³/mol. The second-order valence-electron chi connectivity index (χ2n) is 8.89. The first-order valence-corrected chi connectivity index (χ1v) is 12.4. The molecule has 1 aliphatic rings. The van der Waals surface area contributed by atoms with Gasteiger partial charge < -0.3 is 15.5 Å². The summed E-state index contributed by atoms with van der Waals surface area (Å²) in [5, 5.41) is 6.15. The van der Waals surface area contributed by atoms with E-state index in [0.29, 0.717) is 34.7 Å². The zero-order valence-corrected chi connectivity index (χ0v) is 20.5. The van der Waals surface area contributed by atoms with Gasteiger partial charge in [0.05, 0.1) is 17.6 Å². The van der Waals surface area contributed by atoms with Gasteiger partial charge in [-0.3, -0.25) is 0 Å². The van der Waals surface area contributed by atoms with Crippen LogP contribution in [-0.4, -0.2) is 45.9 Å². The first-order chi connectivity index (χ1) is 17.7. The molecular weight excluding hydrogens is 470 g/mol. The van der Waals surface area contributed by atoms with Crippen LogP contribution in [0, 0.1) is 0 Å². The molecule has 36 heavy (non-hydrogen) atoms. The number of rotatable bonds is 5. The second-order valence-corrected chi connectivity index (χ2v) is 9.30. The third-order valence-electron chi connectivity index (χ3n) is 6.62. The molecule has 0 bridgehead atoms. The molecule has 0 saturated carbocycles. The fourth-order valence-corrected chi connectivity index (χ4v) is 4.94. The van der Waals surface area contributed by atoms with E-state index in [1.165, 1.54) is 5.69 Å². The van der Waals surface area contributed by atoms with Crippen molar-refractivity contribution in [2.24, 2.45) is 0 Å². The summed E-state index contributed by atoms with van der Waals surface area (Å²) in [7, 11) is 0. The first kappa shape index (κ1) is 22.4. The first-order valence-electron chi connectivity index (χ1n) is 12.0. The number of halogens is 1. The number of anilines is 3. The van der Waals surface area contributed by atoms with Gasteiger partial charge in [-0.25, -0.2) is 9.67 Å². The van der Waals surface area contributed by atoms with Crippen LogP contribution in [0.15, 0.2) is 84.9 Å². The van der Waals surface area contributed by atoms with Crippen LogP contribution in [-0.2, 0) is 6.54 Å². The number of hydrogen-bond donors (Lipinski definition) is 1. The van der Waals surface area contributed by atoms with Crippen LogP contribution in [0.4, 0.5) is 17.5 Å². The van der Waals surface area contributed by atoms with Crippen LogP contribution < -0.4 is 15.5 Å². The van der Waals surface area contributed by atoms with Gasteiger partial charge in [-0.2, -0.15) is 4.98 Å². The minimum Gasteiger partial charge on any atom is -0.383 e. The summed E-state index contributed by atoms with van der Waals surface area (Å²) in [6, 6.07) is 28.3. The fraction of sp³-hybridized carbons (Fsp3) is 0.179. The Morgan fingerprint density at radius 1 is 0.750 bits per heavy atom. The minimum absolute atomic E-state index is 0.532. The molecule has 3 aromatic carbocycles. The molecule has 5 aromatic rings. The molecule has 180 valence electrons. The maximum absolute atomic E-state index is 6.64. The van der Waals surface area contributed by atoms with E-state index < -0.39 is 0 Å². The Hall–Kier alpha value is -4.10. The Balaban J connectivity index is 1.39. The van der Waals surface area contributed by atoms with E-state index in [1.54, 1.807) is 4.68 Å². The van der Waals surface area contributed by atoms with Crippen LogP contribution in [0.3, 0.4) is 0 Å². The molecule has 1 saturated heterocycles. The predicted octanol–water partition coefficient (Wildman–Crippen LogP) is 5.10. The average molecular weight is 496 g/mol. The van der Waals surface area contributed by atoms with Crippen molar-refractivity contribution in [3.63, 3.8) is 0 Å². The Labute approximate surface area is 214 Å². The molecule has 0 aliphatic carbocycles. The zero-order chi connectivity index (χ0) is 24.5. The lowest BCUT2D eigenvalue weighted by Gasteiger charge is -2.36. The minimum atomic E-state index is 0.532. The number of nitrogens with two attached hydrogens (primary N) is 1. The molecule has 1 aliphatic heterocycles. The van der Waals surface area contributed by atoms with Crippen LogP contribution >= 0.6 is 11.6 Å². The molecule has 2 N–H and O–H groups in total. The maximum Gasteiger partial charge on any atom is 0.228 e. The monoisotopic (exact) mass is 495 g/mol. The smallest absolute Gasteiger partial charge is 0.228 e. The largest absolute Gasteiger partial charge is 0.383 e. The number of benzene rings is 3. The van der Waals surface area contributed by atoms with Crippen LogP contribution in [0.1, 0.15) is 5.56 Å². The normalized spacial score (nSPS) is 13.9. The van der Waals surface area contributed by atoms with Gasteiger partial charge in [0.15, 0.2) is 5.65 Å². The van der Waals surface area contributed by atoms with E-state index in [9.17, 15) is 0 Å². The third kappa shape index (κ3) is 4.22. The molecule has 1 fully saturated rings. The molecule has 6 rings (SSSR count). The molecule has 2 aromatic heterocycles. The summed E-state index contributed by atoms with van der Waals surface area (Å²) in [5.41, 5.74) is 11.1. The molecule has 7 nitrogen and oxygen atoms in total. The van der Waals surface area contributed by atoms with E-state index >= 15 is 0 Å². The Kier molecular flexibility index (Phi) is 5.91. The van der Waals surface area contributed by atoms with Gasteiger partial charge in [0.1, 0.15) is 5.82 Å². The lowest BCUT2D eigenvalue weighted by Crippen LogP contribution is -2.47. The standard InChI is InChI=1S/C28H26ClN7/c29-23-14-8-7-13-22(23)25-24-26(30)36(19-20-9-3-1-4-10-20)33-27(24)32-28(31-25)35-17-15-34(16-18-35)21-11-5-2-6-12-21/h1-14H,15-19,30H2. The van der Waals surface area contributed by atoms with Crippen LogP contribution in [0.5, 0.6) is 0 Å². The van der Waals surface area contributed by atoms with E-state index in [0.717, 1.165) is 42.7 Å². The molecule has 0 unspecified atom stereocenters. The number of hydrogen-bond acceptors (Lipinski definition) is 6. The van der Waals surface area contributed by atoms with Crippen molar-refractivity contribution in [2.75, 3.05) is 41.7 Å². The Bertz CT molecular complexity index is 1490. The maximum atomic E-state index is 6.64. The van der Waals surface area contributed by atoms with E-state index in [1.807, 2.05) is 48.5 Å². The van der Waals surface area contributed by atoms with Crippen molar-refractivity contribution in [3.8, 4) is 11.3 Å². The van der Waals surface area contributed by atoms with Crippen LogP contribution in [0.2, 0.25) is 5.02 Å². The summed E-state index contributed by atoms with van der Waals surface area (Å²) in [4.78, 5) is 14.5. The highest BCUT2D eigenvalue weighted by Crippen LogP contribution is 2.36. The lowest BCUT2D eigenvalue weighted by molar-refractivity contribution is 0.640. The van der Waals surface area contributed by atoms with Gasteiger partial charge in [0.2, 0.25) is 5.95 Å². The van der Waals surface area contributed by atoms with Gasteiger partial charge in [0, 0.05) is 42.5 Å². The van der Waals surface area contributed by atoms with E-state index in [2.05, 4.69) is 46.2 Å². The van der Waals surface area contributed by atoms with Gasteiger partial charge >= 0.3 is 0 Å². The Morgan fingerprint density at radius 2 is 1.39 bits per heavy atom. The summed E-state index contributed by atoms with van der Waals surface area (Å²) in [6.45, 7) is 3.94. The number of nitrogen functional groups attached to an aromatic ring is 1. The third-order valence-corrected chi connectivity index (χ3v) is 6.95. The van der Waals surface area contributed by atoms with Crippen molar-refractivity contribution >= 4 is 40.1 Å². The number of fused-ring (bicyclic) bond motifs is 1. The molecule has 0 radical (unpaired) electrons. The highest BCUT2D eigenvalue weighted by Gasteiger charge is 2.24. The number of piperazine rings is 1. The van der Waals surface area contributed by atoms with Gasteiger partial charge in [-0.05, 0) is 23.8 Å². The highest BCUT2D eigenvalue weighted by molar-refractivity contribution is 6.33. The van der Waals surface area contributed by atoms with Crippen molar-refractivity contribution < 1.29 is 0 Å². The van der Waals surface area contributed by atoms with Gasteiger partial charge in [-0.1, -0.05) is 78.3 Å². The topological polar surface area (TPSA) is 76.1 Å². The van der Waals surface area contributed by atoms with E-state index in [4.69, 9.17) is 32.4 Å². The molecule has 0 amide bonds. The summed E-state index contributed by atoms with van der Waals surface area (Å²) in [5.74, 6) is 1.18. The molecule has 3 heterocycles. The summed E-state index contributed by atoms with van der Waals surface area (Å²) < 4.78 is 1.80. The number of aromatic nitrogens is 4. The Morgan fingerprint density at radius 3 is 2.11 bits per heavy atom. The SMILES string of the molecule is Nc1c2c(-c3ccccc3Cl)nc(N3CCN(c4ccccc4)CC3)nc2nn1Cc1ccccc1. The average Bonchev–Trinajstić information content (AvgIpc) is 3.24. The van der Waals surface area contributed by atoms with Gasteiger partial charge in [0.25, 0.3) is 0 Å². The molecule has 8 heteroatoms. The highest BCUT2D eigenvalue weighted by atomic mass is 35.5. The molecule has 0 spiro atoms. The molecular formula is C28H26ClN7. The number of nitrogens with zero attached hydrogens (tertiary/aromatic N) is 6. The van der Waals surface area contributed by atoms with Crippen molar-refractivity contribution in [3.05, 3.63) is 95.5 Å². The summed E-state index contributed by atoms with van der Waals surface area (Å²) in [6.07, 6.45) is 0. The second kappa shape index (κ2) is 9.51. The zero-order valence-electron chi connectivity index (χ0n) is 19.8. The van der Waals surface area contributed by atoms with Crippen molar-refractivity contribution in [2.45, 2.75) is 6.54 Å². The van der Waals surface area contributed by atoms with Gasteiger partial charge in [-0.15, -0.1) is 5.10 Å². The quantitative estimate of drug-likeness (QED) is 0.365. The van der Waals surface area contributed by atoms with Crippen LogP contribution in [0.25, 0.3) is 22.3 Å². The van der Waals surface area contributed by atoms with Crippen molar-refractivity contribution in [1.82, 2.24) is 19.7 Å². The lowest BCUT2D eigenvalue weighted by atomic mass is 10.1. The number of para-hydroxylation sites is 1. The van der Waals surface area contributed by atoms with E-state index in [-0.39, 0.29) is 0 Å². The van der Waals surface area contributed by atoms with Crippen molar-refractivity contribution in [1.29, 1.82) is 0 Å². The summed E-state index contributed by atoms with van der Waals surface area (Å²) >= 11 is 6.62.